The maximum Gasteiger partial charge on any atom is 0.123 e. The zero-order valence-corrected chi connectivity index (χ0v) is 14.6. The topological polar surface area (TPSA) is 37.4 Å². The van der Waals surface area contributed by atoms with Crippen LogP contribution in [-0.2, 0) is 17.7 Å². The first-order valence-electron chi connectivity index (χ1n) is 8.19. The van der Waals surface area contributed by atoms with Crippen LogP contribution in [-0.4, -0.2) is 42.2 Å². The Kier molecular flexibility index (Phi) is 6.61. The number of aromatic nitrogens is 1. The van der Waals surface area contributed by atoms with Crippen LogP contribution in [0.2, 0.25) is 0 Å². The lowest BCUT2D eigenvalue weighted by Crippen LogP contribution is -2.38. The number of hydrogen-bond donors (Lipinski definition) is 1. The van der Waals surface area contributed by atoms with Gasteiger partial charge < -0.3 is 10.1 Å². The second kappa shape index (κ2) is 8.22. The van der Waals surface area contributed by atoms with Crippen molar-refractivity contribution in [3.05, 3.63) is 15.6 Å². The molecule has 0 amide bonds. The van der Waals surface area contributed by atoms with E-state index >= 15 is 0 Å². The summed E-state index contributed by atoms with van der Waals surface area (Å²) in [5, 5.41) is 4.68. The Morgan fingerprint density at radius 1 is 1.43 bits per heavy atom. The number of aryl methyl sites for hydroxylation is 1. The van der Waals surface area contributed by atoms with E-state index in [1.165, 1.54) is 10.6 Å². The molecule has 1 saturated heterocycles. The smallest absolute Gasteiger partial charge is 0.123 e. The molecule has 1 aliphatic rings. The summed E-state index contributed by atoms with van der Waals surface area (Å²) in [5.74, 6) is 0. The molecule has 0 radical (unpaired) electrons. The van der Waals surface area contributed by atoms with E-state index in [9.17, 15) is 0 Å². The van der Waals surface area contributed by atoms with Crippen molar-refractivity contribution in [3.8, 4) is 0 Å². The Hall–Kier alpha value is -0.490. The van der Waals surface area contributed by atoms with Gasteiger partial charge in [-0.2, -0.15) is 0 Å². The predicted octanol–water partition coefficient (Wildman–Crippen LogP) is 2.99. The van der Waals surface area contributed by atoms with Gasteiger partial charge in [0.05, 0.1) is 12.3 Å². The fraction of sp³-hybridized carbons (Fsp3) is 0.812. The Labute approximate surface area is 132 Å². The predicted molar refractivity (Wildman–Crippen MR) is 88.9 cm³/mol. The van der Waals surface area contributed by atoms with E-state index in [2.05, 4.69) is 37.9 Å². The van der Waals surface area contributed by atoms with Gasteiger partial charge in [0.1, 0.15) is 11.1 Å². The van der Waals surface area contributed by atoms with Gasteiger partial charge in [0.2, 0.25) is 0 Å². The average molecular weight is 311 g/mol. The number of likely N-dealkylation sites (N-methyl/N-ethyl adjacent to an activating group) is 1. The third kappa shape index (κ3) is 4.74. The molecule has 1 fully saturated rings. The van der Waals surface area contributed by atoms with Gasteiger partial charge in [-0.05, 0) is 13.0 Å². The fourth-order valence-corrected chi connectivity index (χ4v) is 3.65. The van der Waals surface area contributed by atoms with Crippen LogP contribution in [0.5, 0.6) is 0 Å². The van der Waals surface area contributed by atoms with Crippen molar-refractivity contribution < 1.29 is 4.74 Å². The standard InChI is InChI=1S/C16H29N3OS/c1-5-7-13-15(10-17-12(3)4)21-16(18-13)14-11-19(6-2)8-9-20-14/h12,14,17H,5-11H2,1-4H3. The van der Waals surface area contributed by atoms with E-state index in [0.717, 1.165) is 50.6 Å². The van der Waals surface area contributed by atoms with Crippen molar-refractivity contribution >= 4 is 11.3 Å². The molecule has 1 aliphatic heterocycles. The maximum atomic E-state index is 5.95. The highest BCUT2D eigenvalue weighted by atomic mass is 32.1. The molecule has 0 saturated carbocycles. The van der Waals surface area contributed by atoms with Crippen LogP contribution in [0.25, 0.3) is 0 Å². The molecule has 1 aromatic rings. The first-order valence-corrected chi connectivity index (χ1v) is 9.01. The van der Waals surface area contributed by atoms with E-state index in [0.29, 0.717) is 6.04 Å². The van der Waals surface area contributed by atoms with E-state index in [1.807, 2.05) is 11.3 Å². The van der Waals surface area contributed by atoms with Crippen LogP contribution in [0.3, 0.4) is 0 Å². The van der Waals surface area contributed by atoms with Crippen LogP contribution in [0, 0.1) is 0 Å². The van der Waals surface area contributed by atoms with Gasteiger partial charge >= 0.3 is 0 Å². The zero-order valence-electron chi connectivity index (χ0n) is 13.8. The molecule has 1 atom stereocenters. The van der Waals surface area contributed by atoms with Crippen molar-refractivity contribution in [2.45, 2.75) is 59.2 Å². The number of nitrogens with one attached hydrogen (secondary N) is 1. The molecule has 4 nitrogen and oxygen atoms in total. The Bertz CT molecular complexity index is 433. The molecule has 1 N–H and O–H groups in total. The summed E-state index contributed by atoms with van der Waals surface area (Å²) < 4.78 is 5.95. The number of morpholine rings is 1. The molecule has 21 heavy (non-hydrogen) atoms. The van der Waals surface area contributed by atoms with E-state index < -0.39 is 0 Å². The third-order valence-electron chi connectivity index (χ3n) is 3.83. The normalized spacial score (nSPS) is 20.3. The summed E-state index contributed by atoms with van der Waals surface area (Å²) in [7, 11) is 0. The molecule has 1 aromatic heterocycles. The number of ether oxygens (including phenoxy) is 1. The van der Waals surface area contributed by atoms with Crippen molar-refractivity contribution in [2.75, 3.05) is 26.2 Å². The lowest BCUT2D eigenvalue weighted by atomic mass is 10.2. The fourth-order valence-electron chi connectivity index (χ4n) is 2.55. The molecular weight excluding hydrogens is 282 g/mol. The van der Waals surface area contributed by atoms with Gasteiger partial charge in [-0.25, -0.2) is 4.98 Å². The Morgan fingerprint density at radius 2 is 2.24 bits per heavy atom. The molecule has 0 bridgehead atoms. The number of hydrogen-bond acceptors (Lipinski definition) is 5. The molecule has 120 valence electrons. The van der Waals surface area contributed by atoms with Crippen LogP contribution < -0.4 is 5.32 Å². The number of thiazole rings is 1. The summed E-state index contributed by atoms with van der Waals surface area (Å²) in [4.78, 5) is 8.73. The Morgan fingerprint density at radius 3 is 2.90 bits per heavy atom. The maximum absolute atomic E-state index is 5.95. The van der Waals surface area contributed by atoms with Gasteiger partial charge in [-0.3, -0.25) is 4.90 Å². The zero-order chi connectivity index (χ0) is 15.2. The van der Waals surface area contributed by atoms with Crippen LogP contribution in [0.4, 0.5) is 0 Å². The second-order valence-corrected chi connectivity index (χ2v) is 7.08. The highest BCUT2D eigenvalue weighted by Crippen LogP contribution is 2.29. The van der Waals surface area contributed by atoms with Gasteiger partial charge in [0.15, 0.2) is 0 Å². The van der Waals surface area contributed by atoms with Gasteiger partial charge in [0.25, 0.3) is 0 Å². The summed E-state index contributed by atoms with van der Waals surface area (Å²) in [6.07, 6.45) is 2.37. The van der Waals surface area contributed by atoms with E-state index in [-0.39, 0.29) is 6.10 Å². The van der Waals surface area contributed by atoms with Crippen molar-refractivity contribution in [1.29, 1.82) is 0 Å². The van der Waals surface area contributed by atoms with Gasteiger partial charge in [0, 0.05) is 30.6 Å². The minimum Gasteiger partial charge on any atom is -0.368 e. The molecule has 0 aliphatic carbocycles. The first-order chi connectivity index (χ1) is 10.1. The minimum absolute atomic E-state index is 0.159. The molecular formula is C16H29N3OS. The largest absolute Gasteiger partial charge is 0.368 e. The molecule has 0 aromatic carbocycles. The van der Waals surface area contributed by atoms with Crippen molar-refractivity contribution in [1.82, 2.24) is 15.2 Å². The monoisotopic (exact) mass is 311 g/mol. The number of nitrogens with zero attached hydrogens (tertiary/aromatic N) is 2. The van der Waals surface area contributed by atoms with Crippen molar-refractivity contribution in [3.63, 3.8) is 0 Å². The summed E-state index contributed by atoms with van der Waals surface area (Å²) in [6, 6.07) is 0.506. The van der Waals surface area contributed by atoms with E-state index in [1.54, 1.807) is 0 Å². The highest BCUT2D eigenvalue weighted by molar-refractivity contribution is 7.11. The summed E-state index contributed by atoms with van der Waals surface area (Å²) in [6.45, 7) is 13.7. The summed E-state index contributed by atoms with van der Waals surface area (Å²) >= 11 is 1.84. The highest BCUT2D eigenvalue weighted by Gasteiger charge is 2.25. The lowest BCUT2D eigenvalue weighted by Gasteiger charge is -2.30. The summed E-state index contributed by atoms with van der Waals surface area (Å²) in [5.41, 5.74) is 1.27. The lowest BCUT2D eigenvalue weighted by molar-refractivity contribution is -0.0283. The SMILES string of the molecule is CCCc1nc(C2CN(CC)CCO2)sc1CNC(C)C. The number of rotatable bonds is 7. The molecule has 2 rings (SSSR count). The average Bonchev–Trinajstić information content (AvgIpc) is 2.89. The Balaban J connectivity index is 2.10. The van der Waals surface area contributed by atoms with E-state index in [4.69, 9.17) is 9.72 Å². The van der Waals surface area contributed by atoms with Crippen LogP contribution in [0.15, 0.2) is 0 Å². The molecule has 1 unspecified atom stereocenters. The van der Waals surface area contributed by atoms with Crippen LogP contribution in [0.1, 0.15) is 55.8 Å². The van der Waals surface area contributed by atoms with Gasteiger partial charge in [-0.15, -0.1) is 11.3 Å². The quantitative estimate of drug-likeness (QED) is 0.840. The second-order valence-electron chi connectivity index (χ2n) is 5.96. The first kappa shape index (κ1) is 16.9. The van der Waals surface area contributed by atoms with Crippen molar-refractivity contribution in [2.24, 2.45) is 0 Å². The third-order valence-corrected chi connectivity index (χ3v) is 5.02. The van der Waals surface area contributed by atoms with Gasteiger partial charge in [-0.1, -0.05) is 34.1 Å². The van der Waals surface area contributed by atoms with Crippen LogP contribution >= 0.6 is 11.3 Å². The molecule has 2 heterocycles. The molecule has 0 spiro atoms. The minimum atomic E-state index is 0.159. The molecule has 5 heteroatoms.